The van der Waals surface area contributed by atoms with Crippen molar-refractivity contribution in [2.75, 3.05) is 39.5 Å². The number of amides is 1. The lowest BCUT2D eigenvalue weighted by Crippen LogP contribution is -2.45. The molecule has 0 saturated heterocycles. The minimum absolute atomic E-state index is 0.00700. The molecule has 10 heteroatoms. The third-order valence-corrected chi connectivity index (χ3v) is 9.07. The van der Waals surface area contributed by atoms with Crippen molar-refractivity contribution in [3.8, 4) is 23.0 Å². The third kappa shape index (κ3) is 7.77. The van der Waals surface area contributed by atoms with Gasteiger partial charge in [-0.25, -0.2) is 8.78 Å². The second-order valence-corrected chi connectivity index (χ2v) is 12.4. The van der Waals surface area contributed by atoms with Gasteiger partial charge < -0.3 is 29.2 Å². The Morgan fingerprint density at radius 1 is 0.870 bits per heavy atom. The smallest absolute Gasteiger partial charge is 0.237 e. The van der Waals surface area contributed by atoms with E-state index < -0.39 is 17.7 Å². The van der Waals surface area contributed by atoms with E-state index in [-0.39, 0.29) is 34.4 Å². The van der Waals surface area contributed by atoms with Gasteiger partial charge in [0, 0.05) is 18.2 Å². The monoisotopic (exact) mass is 700 g/mol. The van der Waals surface area contributed by atoms with Crippen LogP contribution in [0.4, 0.5) is 8.78 Å². The molecule has 5 rings (SSSR count). The molecule has 0 aromatic heterocycles. The Morgan fingerprint density at radius 3 is 2.15 bits per heavy atom. The number of rotatable bonds is 15. The molecule has 1 heterocycles. The second-order valence-electron chi connectivity index (χ2n) is 11.6. The number of carbonyl (C=O) groups excluding carboxylic acids is 1. The standard InChI is InChI=1S/C36H43BrF2N2O5/c1-5-43-31-12-9-22(16-32(31)44-6-2)15-30-25-19-34(46-8-4)33(45-7-3)17-24(25)13-14-41(30)35(42)21-40-36(23-10-11-23)26-18-29(39)27(37)20-28(26)38/h9,12,16-20,23,30,36,40H,5-8,10-11,13-15,21H2,1-4H3. The van der Waals surface area contributed by atoms with Crippen LogP contribution in [0.2, 0.25) is 0 Å². The van der Waals surface area contributed by atoms with Gasteiger partial charge in [0.1, 0.15) is 11.6 Å². The second kappa shape index (κ2) is 15.5. The predicted octanol–water partition coefficient (Wildman–Crippen LogP) is 7.73. The average Bonchev–Trinajstić information content (AvgIpc) is 3.87. The zero-order valence-corrected chi connectivity index (χ0v) is 28.6. The summed E-state index contributed by atoms with van der Waals surface area (Å²) in [6, 6.07) is 11.6. The highest BCUT2D eigenvalue weighted by molar-refractivity contribution is 9.10. The summed E-state index contributed by atoms with van der Waals surface area (Å²) in [7, 11) is 0. The molecular formula is C36H43BrF2N2O5. The van der Waals surface area contributed by atoms with Crippen molar-refractivity contribution in [1.29, 1.82) is 0 Å². The van der Waals surface area contributed by atoms with E-state index in [0.717, 1.165) is 35.6 Å². The van der Waals surface area contributed by atoms with Gasteiger partial charge >= 0.3 is 0 Å². The van der Waals surface area contributed by atoms with Crippen LogP contribution in [-0.2, 0) is 17.6 Å². The maximum absolute atomic E-state index is 15.0. The lowest BCUT2D eigenvalue weighted by atomic mass is 9.88. The number of nitrogens with one attached hydrogen (secondary N) is 1. The first-order valence-electron chi connectivity index (χ1n) is 16.3. The lowest BCUT2D eigenvalue weighted by molar-refractivity contribution is -0.133. The average molecular weight is 702 g/mol. The first kappa shape index (κ1) is 34.0. The van der Waals surface area contributed by atoms with Crippen LogP contribution in [-0.4, -0.2) is 50.3 Å². The normalized spacial score (nSPS) is 16.5. The van der Waals surface area contributed by atoms with Crippen molar-refractivity contribution in [2.45, 2.75) is 65.5 Å². The van der Waals surface area contributed by atoms with Gasteiger partial charge in [0.2, 0.25) is 5.91 Å². The summed E-state index contributed by atoms with van der Waals surface area (Å²) in [6.07, 6.45) is 2.97. The van der Waals surface area contributed by atoms with Crippen LogP contribution in [0.15, 0.2) is 46.9 Å². The highest BCUT2D eigenvalue weighted by Gasteiger charge is 2.37. The molecule has 1 amide bonds. The number of nitrogens with zero attached hydrogens (tertiary/aromatic N) is 1. The summed E-state index contributed by atoms with van der Waals surface area (Å²) < 4.78 is 53.1. The minimum Gasteiger partial charge on any atom is -0.490 e. The molecule has 0 bridgehead atoms. The fraction of sp³-hybridized carbons (Fsp3) is 0.472. The van der Waals surface area contributed by atoms with Crippen molar-refractivity contribution in [2.24, 2.45) is 5.92 Å². The Hall–Kier alpha value is -3.37. The molecule has 2 aliphatic rings. The number of hydrogen-bond acceptors (Lipinski definition) is 6. The minimum atomic E-state index is -0.527. The predicted molar refractivity (Wildman–Crippen MR) is 177 cm³/mol. The van der Waals surface area contributed by atoms with Gasteiger partial charge in [-0.1, -0.05) is 6.07 Å². The fourth-order valence-corrected chi connectivity index (χ4v) is 6.56. The molecule has 2 unspecified atom stereocenters. The fourth-order valence-electron chi connectivity index (χ4n) is 6.25. The molecular weight excluding hydrogens is 658 g/mol. The summed E-state index contributed by atoms with van der Waals surface area (Å²) in [5.74, 6) is 1.69. The van der Waals surface area contributed by atoms with Gasteiger partial charge in [-0.2, -0.15) is 0 Å². The first-order valence-corrected chi connectivity index (χ1v) is 17.0. The molecule has 1 N–H and O–H groups in total. The lowest BCUT2D eigenvalue weighted by Gasteiger charge is -2.38. The van der Waals surface area contributed by atoms with Crippen molar-refractivity contribution in [1.82, 2.24) is 10.2 Å². The SMILES string of the molecule is CCOc1ccc(CC2c3cc(OCC)c(OCC)cc3CCN2C(=O)CNC(c2cc(F)c(Br)cc2F)C2CC2)cc1OCC. The third-order valence-electron chi connectivity index (χ3n) is 8.46. The number of carbonyl (C=O) groups is 1. The van der Waals surface area contributed by atoms with Crippen LogP contribution >= 0.6 is 15.9 Å². The molecule has 3 aromatic carbocycles. The molecule has 0 radical (unpaired) electrons. The molecule has 46 heavy (non-hydrogen) atoms. The topological polar surface area (TPSA) is 69.3 Å². The number of fused-ring (bicyclic) bond motifs is 1. The molecule has 1 saturated carbocycles. The number of halogens is 3. The van der Waals surface area contributed by atoms with Gasteiger partial charge in [0.25, 0.3) is 0 Å². The Kier molecular flexibility index (Phi) is 11.4. The van der Waals surface area contributed by atoms with E-state index in [0.29, 0.717) is 68.8 Å². The summed E-state index contributed by atoms with van der Waals surface area (Å²) in [6.45, 7) is 10.2. The Balaban J connectivity index is 1.46. The van der Waals surface area contributed by atoms with E-state index in [1.54, 1.807) is 0 Å². The van der Waals surface area contributed by atoms with E-state index in [1.807, 2.05) is 62.9 Å². The summed E-state index contributed by atoms with van der Waals surface area (Å²) in [5.41, 5.74) is 3.34. The number of hydrogen-bond donors (Lipinski definition) is 1. The van der Waals surface area contributed by atoms with Gasteiger partial charge in [-0.15, -0.1) is 0 Å². The molecule has 248 valence electrons. The molecule has 1 fully saturated rings. The summed E-state index contributed by atoms with van der Waals surface area (Å²) in [5, 5.41) is 3.30. The van der Waals surface area contributed by atoms with E-state index in [9.17, 15) is 13.6 Å². The molecule has 7 nitrogen and oxygen atoms in total. The van der Waals surface area contributed by atoms with Crippen LogP contribution in [0, 0.1) is 17.6 Å². The quantitative estimate of drug-likeness (QED) is 0.164. The Morgan fingerprint density at radius 2 is 1.50 bits per heavy atom. The van der Waals surface area contributed by atoms with Crippen molar-refractivity contribution in [3.05, 3.63) is 80.8 Å². The highest BCUT2D eigenvalue weighted by atomic mass is 79.9. The molecule has 0 spiro atoms. The molecule has 3 aromatic rings. The Labute approximate surface area is 278 Å². The summed E-state index contributed by atoms with van der Waals surface area (Å²) >= 11 is 3.07. The maximum atomic E-state index is 15.0. The maximum Gasteiger partial charge on any atom is 0.237 e. The van der Waals surface area contributed by atoms with Crippen molar-refractivity contribution in [3.63, 3.8) is 0 Å². The van der Waals surface area contributed by atoms with E-state index in [4.69, 9.17) is 18.9 Å². The highest BCUT2D eigenvalue weighted by Crippen LogP contribution is 2.43. The van der Waals surface area contributed by atoms with Gasteiger partial charge in [-0.3, -0.25) is 4.79 Å². The largest absolute Gasteiger partial charge is 0.490 e. The zero-order chi connectivity index (χ0) is 32.8. The van der Waals surface area contributed by atoms with Gasteiger partial charge in [-0.05, 0) is 128 Å². The summed E-state index contributed by atoms with van der Waals surface area (Å²) in [4.78, 5) is 16.0. The molecule has 2 atom stereocenters. The molecule has 1 aliphatic heterocycles. The zero-order valence-electron chi connectivity index (χ0n) is 27.0. The van der Waals surface area contributed by atoms with Crippen LogP contribution in [0.25, 0.3) is 0 Å². The van der Waals surface area contributed by atoms with Gasteiger partial charge in [0.15, 0.2) is 23.0 Å². The van der Waals surface area contributed by atoms with E-state index >= 15 is 0 Å². The van der Waals surface area contributed by atoms with E-state index in [2.05, 4.69) is 21.2 Å². The Bertz CT molecular complexity index is 1530. The number of ether oxygens (including phenoxy) is 4. The first-order chi connectivity index (χ1) is 22.3. The number of benzene rings is 3. The van der Waals surface area contributed by atoms with Crippen LogP contribution in [0.3, 0.4) is 0 Å². The van der Waals surface area contributed by atoms with Crippen LogP contribution < -0.4 is 24.3 Å². The van der Waals surface area contributed by atoms with Gasteiger partial charge in [0.05, 0.1) is 43.5 Å². The van der Waals surface area contributed by atoms with Crippen molar-refractivity contribution >= 4 is 21.8 Å². The van der Waals surface area contributed by atoms with Crippen molar-refractivity contribution < 1.29 is 32.5 Å². The molecule has 1 aliphatic carbocycles. The van der Waals surface area contributed by atoms with E-state index in [1.165, 1.54) is 6.07 Å². The van der Waals surface area contributed by atoms with Crippen LogP contribution in [0.5, 0.6) is 23.0 Å². The van der Waals surface area contributed by atoms with Crippen LogP contribution in [0.1, 0.15) is 74.9 Å².